The summed E-state index contributed by atoms with van der Waals surface area (Å²) in [5, 5.41) is 4.86. The first-order chi connectivity index (χ1) is 46.6. The van der Waals surface area contributed by atoms with Crippen molar-refractivity contribution < 1.29 is 0 Å². The lowest BCUT2D eigenvalue weighted by Gasteiger charge is -2.26. The highest BCUT2D eigenvalue weighted by molar-refractivity contribution is 6.13. The van der Waals surface area contributed by atoms with E-state index in [0.717, 1.165) is 90.1 Å². The molecule has 94 heavy (non-hydrogen) atoms. The van der Waals surface area contributed by atoms with Crippen molar-refractivity contribution >= 4 is 77.7 Å². The van der Waals surface area contributed by atoms with Gasteiger partial charge in [-0.15, -0.1) is 0 Å². The topological polar surface area (TPSA) is 42.1 Å². The Balaban J connectivity index is 0.676. The minimum atomic E-state index is 0.809. The van der Waals surface area contributed by atoms with Gasteiger partial charge in [-0.3, -0.25) is 9.97 Å². The molecule has 0 spiro atoms. The minimum absolute atomic E-state index is 0.809. The average Bonchev–Trinajstić information content (AvgIpc) is 1.59. The summed E-state index contributed by atoms with van der Waals surface area (Å²) in [6.45, 7) is 0. The molecule has 17 rings (SSSR count). The Morgan fingerprint density at radius 2 is 0.415 bits per heavy atom. The Morgan fingerprint density at radius 1 is 0.191 bits per heavy atom. The zero-order valence-electron chi connectivity index (χ0n) is 51.3. The highest BCUT2D eigenvalue weighted by atomic mass is 15.1. The SMILES string of the molecule is c1ccc(-c2ccc3c(c2)c2cc(-c4ccccc4)ccc2n3-c2ccc(N(c3ccccc3)c3ccc(-c4nccnc4-c4ccc(N(c5ccccc5)c5ccc(-n6c7ccc(-c8ccccc8)cc7c7cc(-c8ccccc8)ccc76)cc5)cc4)cc3)cc2)cc1. The van der Waals surface area contributed by atoms with Crippen LogP contribution in [0.4, 0.5) is 34.1 Å². The van der Waals surface area contributed by atoms with E-state index in [9.17, 15) is 0 Å². The molecular weight excluding hydrogens is 1140 g/mol. The van der Waals surface area contributed by atoms with Crippen LogP contribution in [0.5, 0.6) is 0 Å². The number of aromatic nitrogens is 4. The quantitative estimate of drug-likeness (QED) is 0.109. The second-order valence-corrected chi connectivity index (χ2v) is 23.8. The van der Waals surface area contributed by atoms with Crippen LogP contribution in [0.2, 0.25) is 0 Å². The van der Waals surface area contributed by atoms with Gasteiger partial charge in [-0.1, -0.05) is 206 Å². The van der Waals surface area contributed by atoms with Crippen LogP contribution in [0.3, 0.4) is 0 Å². The summed E-state index contributed by atoms with van der Waals surface area (Å²) in [5.41, 5.74) is 26.2. The van der Waals surface area contributed by atoms with Crippen molar-refractivity contribution in [3.63, 3.8) is 0 Å². The number of para-hydroxylation sites is 2. The van der Waals surface area contributed by atoms with E-state index in [1.807, 2.05) is 0 Å². The number of benzene rings is 14. The Kier molecular flexibility index (Phi) is 14.1. The van der Waals surface area contributed by atoms with Gasteiger partial charge in [0.15, 0.2) is 0 Å². The summed E-state index contributed by atoms with van der Waals surface area (Å²) in [6.07, 6.45) is 3.56. The molecule has 0 aliphatic rings. The van der Waals surface area contributed by atoms with Crippen LogP contribution < -0.4 is 9.80 Å². The van der Waals surface area contributed by atoms with E-state index in [1.54, 1.807) is 12.4 Å². The molecule has 14 aromatic carbocycles. The lowest BCUT2D eigenvalue weighted by atomic mass is 10.0. The minimum Gasteiger partial charge on any atom is -0.311 e. The molecule has 0 bridgehead atoms. The lowest BCUT2D eigenvalue weighted by Crippen LogP contribution is -2.10. The van der Waals surface area contributed by atoms with Crippen molar-refractivity contribution in [2.24, 2.45) is 0 Å². The van der Waals surface area contributed by atoms with Crippen LogP contribution in [-0.2, 0) is 0 Å². The van der Waals surface area contributed by atoms with Gasteiger partial charge in [0.05, 0.1) is 33.5 Å². The standard InChI is InChI=1S/C88H60N6/c1-7-19-61(20-8-1)67-35-51-83-79(57-67)80-58-68(62-21-9-2-10-22-62)36-52-84(80)93(83)77-47-43-75(44-48-77)91(71-27-15-5-16-28-71)73-39-31-65(32-40-73)87-88(90-56-55-89-87)66-33-41-74(42-34-66)92(72-29-17-6-18-30-72)76-45-49-78(50-46-76)94-85-53-37-69(63-23-11-3-12-24-63)59-81(85)82-60-70(38-54-86(82)94)64-25-13-4-14-26-64/h1-60H. The average molecular weight is 1200 g/mol. The molecule has 0 aliphatic heterocycles. The molecule has 0 aliphatic carbocycles. The summed E-state index contributed by atoms with van der Waals surface area (Å²) in [4.78, 5) is 14.6. The number of nitrogens with zero attached hydrogens (tertiary/aromatic N) is 6. The molecule has 3 aromatic heterocycles. The van der Waals surface area contributed by atoms with E-state index >= 15 is 0 Å². The van der Waals surface area contributed by atoms with Crippen LogP contribution in [0.1, 0.15) is 0 Å². The van der Waals surface area contributed by atoms with Crippen molar-refractivity contribution in [2.75, 3.05) is 9.80 Å². The Labute approximate surface area is 546 Å². The Hall–Kier alpha value is -12.6. The third-order valence-electron chi connectivity index (χ3n) is 18.2. The lowest BCUT2D eigenvalue weighted by molar-refractivity contribution is 1.17. The highest BCUT2D eigenvalue weighted by Gasteiger charge is 2.21. The molecule has 0 saturated carbocycles. The summed E-state index contributed by atoms with van der Waals surface area (Å²) >= 11 is 0. The first-order valence-electron chi connectivity index (χ1n) is 31.9. The molecule has 442 valence electrons. The van der Waals surface area contributed by atoms with E-state index in [-0.39, 0.29) is 0 Å². The third-order valence-corrected chi connectivity index (χ3v) is 18.2. The monoisotopic (exact) mass is 1200 g/mol. The molecule has 17 aromatic rings. The van der Waals surface area contributed by atoms with Gasteiger partial charge in [0, 0.05) is 90.6 Å². The van der Waals surface area contributed by atoms with Crippen molar-refractivity contribution in [1.82, 2.24) is 19.1 Å². The zero-order valence-corrected chi connectivity index (χ0v) is 51.3. The van der Waals surface area contributed by atoms with E-state index in [2.05, 4.69) is 371 Å². The predicted molar refractivity (Wildman–Crippen MR) is 393 cm³/mol. The molecular formula is C88H60N6. The molecule has 0 atom stereocenters. The van der Waals surface area contributed by atoms with Crippen LogP contribution in [0.15, 0.2) is 364 Å². The van der Waals surface area contributed by atoms with Gasteiger partial charge < -0.3 is 18.9 Å². The van der Waals surface area contributed by atoms with Gasteiger partial charge in [0.25, 0.3) is 0 Å². The number of rotatable bonds is 14. The van der Waals surface area contributed by atoms with Crippen molar-refractivity contribution in [3.8, 4) is 78.4 Å². The van der Waals surface area contributed by atoms with E-state index in [0.29, 0.717) is 0 Å². The smallest absolute Gasteiger partial charge is 0.0965 e. The fourth-order valence-electron chi connectivity index (χ4n) is 13.7. The summed E-state index contributed by atoms with van der Waals surface area (Å²) in [6, 6.07) is 127. The Morgan fingerprint density at radius 3 is 0.681 bits per heavy atom. The Bertz CT molecular complexity index is 5000. The largest absolute Gasteiger partial charge is 0.311 e. The molecule has 0 N–H and O–H groups in total. The maximum Gasteiger partial charge on any atom is 0.0965 e. The normalized spacial score (nSPS) is 11.4. The maximum absolute atomic E-state index is 5.00. The predicted octanol–water partition coefficient (Wildman–Crippen LogP) is 23.6. The zero-order chi connectivity index (χ0) is 62.3. The van der Waals surface area contributed by atoms with Crippen LogP contribution >= 0.6 is 0 Å². The number of hydrogen-bond acceptors (Lipinski definition) is 4. The summed E-state index contributed by atoms with van der Waals surface area (Å²) in [5.74, 6) is 0. The number of anilines is 6. The van der Waals surface area contributed by atoms with Gasteiger partial charge in [0.2, 0.25) is 0 Å². The first-order valence-corrected chi connectivity index (χ1v) is 31.9. The van der Waals surface area contributed by atoms with E-state index in [1.165, 1.54) is 66.1 Å². The van der Waals surface area contributed by atoms with Crippen molar-refractivity contribution in [2.45, 2.75) is 0 Å². The number of hydrogen-bond donors (Lipinski definition) is 0. The van der Waals surface area contributed by atoms with Crippen LogP contribution in [-0.4, -0.2) is 19.1 Å². The van der Waals surface area contributed by atoms with Gasteiger partial charge in [0.1, 0.15) is 0 Å². The fourth-order valence-corrected chi connectivity index (χ4v) is 13.7. The molecule has 0 fully saturated rings. The van der Waals surface area contributed by atoms with Crippen LogP contribution in [0, 0.1) is 0 Å². The van der Waals surface area contributed by atoms with Gasteiger partial charge in [-0.25, -0.2) is 0 Å². The van der Waals surface area contributed by atoms with Gasteiger partial charge >= 0.3 is 0 Å². The molecule has 3 heterocycles. The number of fused-ring (bicyclic) bond motifs is 6. The second kappa shape index (κ2) is 24.0. The molecule has 6 heteroatoms. The van der Waals surface area contributed by atoms with Crippen molar-refractivity contribution in [1.29, 1.82) is 0 Å². The molecule has 0 amide bonds. The van der Waals surface area contributed by atoms with Crippen molar-refractivity contribution in [3.05, 3.63) is 364 Å². The van der Waals surface area contributed by atoms with E-state index < -0.39 is 0 Å². The maximum atomic E-state index is 5.00. The summed E-state index contributed by atoms with van der Waals surface area (Å²) < 4.78 is 4.80. The molecule has 0 radical (unpaired) electrons. The fraction of sp³-hybridized carbons (Fsp3) is 0. The molecule has 0 saturated heterocycles. The third kappa shape index (κ3) is 10.2. The van der Waals surface area contributed by atoms with E-state index in [4.69, 9.17) is 9.97 Å². The second-order valence-electron chi connectivity index (χ2n) is 23.8. The molecule has 6 nitrogen and oxygen atoms in total. The van der Waals surface area contributed by atoms with Crippen LogP contribution in [0.25, 0.3) is 122 Å². The van der Waals surface area contributed by atoms with Gasteiger partial charge in [-0.2, -0.15) is 0 Å². The summed E-state index contributed by atoms with van der Waals surface area (Å²) in [7, 11) is 0. The van der Waals surface area contributed by atoms with Gasteiger partial charge in [-0.05, 0) is 190 Å². The molecule has 0 unspecified atom stereocenters. The first kappa shape index (κ1) is 55.4. The highest BCUT2D eigenvalue weighted by Crippen LogP contribution is 2.44.